The molecular weight excluding hydrogens is 408 g/mol. The number of hydrogen-bond donors (Lipinski definition) is 1. The number of carbonyl (C=O) groups excluding carboxylic acids is 1. The number of ether oxygens (including phenoxy) is 1. The Labute approximate surface area is 177 Å². The highest BCUT2D eigenvalue weighted by atomic mass is 35.5. The number of benzene rings is 2. The Morgan fingerprint density at radius 2 is 1.93 bits per heavy atom. The number of nitrogens with one attached hydrogen (secondary N) is 1. The van der Waals surface area contributed by atoms with E-state index in [1.165, 1.54) is 7.11 Å². The summed E-state index contributed by atoms with van der Waals surface area (Å²) in [5.41, 5.74) is -0.927. The van der Waals surface area contributed by atoms with Gasteiger partial charge in [-0.15, -0.1) is 0 Å². The predicted octanol–water partition coefficient (Wildman–Crippen LogP) is 2.24. The van der Waals surface area contributed by atoms with Gasteiger partial charge in [-0.25, -0.2) is 4.79 Å². The zero-order chi connectivity index (χ0) is 21.7. The van der Waals surface area contributed by atoms with Gasteiger partial charge in [-0.3, -0.25) is 14.2 Å². The van der Waals surface area contributed by atoms with Gasteiger partial charge < -0.3 is 10.1 Å². The number of halogens is 1. The van der Waals surface area contributed by atoms with Gasteiger partial charge in [-0.05, 0) is 30.2 Å². The van der Waals surface area contributed by atoms with Gasteiger partial charge in [0.2, 0.25) is 5.69 Å². The summed E-state index contributed by atoms with van der Waals surface area (Å²) in [6.45, 7) is 2.17. The monoisotopic (exact) mass is 428 g/mol. The summed E-state index contributed by atoms with van der Waals surface area (Å²) in [5.74, 6) is -0.145. The SMILES string of the molecule is CCCNC(=O)c1nn(-c2cccc(OC)c2)c(=O)n(Cc2ccccc2Cl)c1=O. The Morgan fingerprint density at radius 1 is 1.17 bits per heavy atom. The molecule has 0 saturated carbocycles. The molecule has 156 valence electrons. The Hall–Kier alpha value is -3.39. The molecule has 9 heteroatoms. The van der Waals surface area contributed by atoms with E-state index in [-0.39, 0.29) is 12.2 Å². The van der Waals surface area contributed by atoms with E-state index in [0.29, 0.717) is 35.0 Å². The van der Waals surface area contributed by atoms with Gasteiger partial charge in [0.1, 0.15) is 5.75 Å². The van der Waals surface area contributed by atoms with Crippen molar-refractivity contribution in [2.24, 2.45) is 0 Å². The fourth-order valence-electron chi connectivity index (χ4n) is 2.83. The highest BCUT2D eigenvalue weighted by molar-refractivity contribution is 6.31. The molecule has 1 N–H and O–H groups in total. The summed E-state index contributed by atoms with van der Waals surface area (Å²) < 4.78 is 7.17. The maximum Gasteiger partial charge on any atom is 0.352 e. The van der Waals surface area contributed by atoms with E-state index in [1.807, 2.05) is 6.92 Å². The standard InChI is InChI=1S/C21H21ClN4O4/c1-3-11-23-19(27)18-20(28)25(13-14-7-4-5-10-17(14)22)21(29)26(24-18)15-8-6-9-16(12-15)30-2/h4-10,12H,3,11,13H2,1-2H3,(H,23,27). The first-order valence-corrected chi connectivity index (χ1v) is 9.74. The summed E-state index contributed by atoms with van der Waals surface area (Å²) in [5, 5.41) is 7.10. The van der Waals surface area contributed by atoms with Crippen LogP contribution in [0.15, 0.2) is 58.1 Å². The minimum atomic E-state index is -0.785. The second kappa shape index (κ2) is 9.41. The zero-order valence-electron chi connectivity index (χ0n) is 16.6. The number of hydrogen-bond acceptors (Lipinski definition) is 5. The van der Waals surface area contributed by atoms with Crippen LogP contribution in [-0.4, -0.2) is 33.9 Å². The molecule has 30 heavy (non-hydrogen) atoms. The molecule has 1 heterocycles. The van der Waals surface area contributed by atoms with Crippen molar-refractivity contribution >= 4 is 17.5 Å². The number of carbonyl (C=O) groups is 1. The van der Waals surface area contributed by atoms with Gasteiger partial charge in [0.15, 0.2) is 0 Å². The third-order valence-corrected chi connectivity index (χ3v) is 4.76. The number of aromatic nitrogens is 3. The largest absolute Gasteiger partial charge is 0.497 e. The van der Waals surface area contributed by atoms with Crippen molar-refractivity contribution in [2.75, 3.05) is 13.7 Å². The summed E-state index contributed by atoms with van der Waals surface area (Å²) in [6.07, 6.45) is 0.690. The molecule has 0 unspecified atom stereocenters. The van der Waals surface area contributed by atoms with E-state index < -0.39 is 17.2 Å². The molecule has 8 nitrogen and oxygen atoms in total. The van der Waals surface area contributed by atoms with Crippen LogP contribution in [0.4, 0.5) is 0 Å². The van der Waals surface area contributed by atoms with Crippen molar-refractivity contribution in [2.45, 2.75) is 19.9 Å². The van der Waals surface area contributed by atoms with E-state index in [4.69, 9.17) is 16.3 Å². The maximum absolute atomic E-state index is 13.1. The molecule has 0 radical (unpaired) electrons. The fourth-order valence-corrected chi connectivity index (χ4v) is 3.02. The van der Waals surface area contributed by atoms with Crippen molar-refractivity contribution in [1.29, 1.82) is 0 Å². The van der Waals surface area contributed by atoms with Crippen molar-refractivity contribution < 1.29 is 9.53 Å². The summed E-state index contributed by atoms with van der Waals surface area (Å²) >= 11 is 6.21. The quantitative estimate of drug-likeness (QED) is 0.622. The van der Waals surface area contributed by atoms with Crippen LogP contribution in [-0.2, 0) is 6.54 Å². The molecule has 2 aromatic carbocycles. The van der Waals surface area contributed by atoms with Crippen molar-refractivity contribution in [3.8, 4) is 11.4 Å². The van der Waals surface area contributed by atoms with Crippen LogP contribution in [0.1, 0.15) is 29.4 Å². The van der Waals surface area contributed by atoms with Crippen LogP contribution in [0.2, 0.25) is 5.02 Å². The van der Waals surface area contributed by atoms with E-state index in [9.17, 15) is 14.4 Å². The normalized spacial score (nSPS) is 10.6. The molecule has 0 saturated heterocycles. The van der Waals surface area contributed by atoms with E-state index in [1.54, 1.807) is 48.5 Å². The molecule has 1 aromatic heterocycles. The average Bonchev–Trinajstić information content (AvgIpc) is 2.76. The Bertz CT molecular complexity index is 1190. The van der Waals surface area contributed by atoms with Crippen LogP contribution in [0.3, 0.4) is 0 Å². The summed E-state index contributed by atoms with van der Waals surface area (Å²) in [7, 11) is 1.50. The fraction of sp³-hybridized carbons (Fsp3) is 0.238. The Morgan fingerprint density at radius 3 is 2.63 bits per heavy atom. The lowest BCUT2D eigenvalue weighted by Crippen LogP contribution is -2.46. The number of rotatable bonds is 7. The first-order chi connectivity index (χ1) is 14.5. The van der Waals surface area contributed by atoms with Gasteiger partial charge in [0.25, 0.3) is 11.5 Å². The third kappa shape index (κ3) is 4.44. The Balaban J connectivity index is 2.21. The van der Waals surface area contributed by atoms with Crippen LogP contribution in [0.25, 0.3) is 5.69 Å². The van der Waals surface area contributed by atoms with Crippen molar-refractivity contribution in [3.05, 3.63) is 85.6 Å². The first-order valence-electron chi connectivity index (χ1n) is 9.36. The minimum absolute atomic E-state index is 0.0993. The van der Waals surface area contributed by atoms with Gasteiger partial charge in [0.05, 0.1) is 19.3 Å². The summed E-state index contributed by atoms with van der Waals surface area (Å²) in [4.78, 5) is 38.7. The highest BCUT2D eigenvalue weighted by Gasteiger charge is 2.20. The number of nitrogens with zero attached hydrogens (tertiary/aromatic N) is 3. The lowest BCUT2D eigenvalue weighted by Gasteiger charge is -2.13. The van der Waals surface area contributed by atoms with Gasteiger partial charge >= 0.3 is 5.69 Å². The molecule has 0 spiro atoms. The smallest absolute Gasteiger partial charge is 0.352 e. The van der Waals surface area contributed by atoms with Crippen LogP contribution in [0, 0.1) is 0 Å². The summed E-state index contributed by atoms with van der Waals surface area (Å²) in [6, 6.07) is 13.5. The van der Waals surface area contributed by atoms with E-state index in [2.05, 4.69) is 10.4 Å². The van der Waals surface area contributed by atoms with Gasteiger partial charge in [0, 0.05) is 17.6 Å². The molecule has 0 atom stereocenters. The van der Waals surface area contributed by atoms with Crippen LogP contribution in [0.5, 0.6) is 5.75 Å². The van der Waals surface area contributed by atoms with Gasteiger partial charge in [-0.2, -0.15) is 9.78 Å². The molecule has 0 aliphatic rings. The first kappa shape index (κ1) is 21.3. The second-order valence-corrected chi connectivity index (χ2v) is 6.89. The molecule has 0 aliphatic heterocycles. The van der Waals surface area contributed by atoms with Crippen LogP contribution >= 0.6 is 11.6 Å². The molecular formula is C21H21ClN4O4. The lowest BCUT2D eigenvalue weighted by molar-refractivity contribution is 0.0944. The average molecular weight is 429 g/mol. The molecule has 3 aromatic rings. The minimum Gasteiger partial charge on any atom is -0.497 e. The third-order valence-electron chi connectivity index (χ3n) is 4.39. The highest BCUT2D eigenvalue weighted by Crippen LogP contribution is 2.16. The molecule has 0 aliphatic carbocycles. The van der Waals surface area contributed by atoms with Crippen molar-refractivity contribution in [1.82, 2.24) is 19.7 Å². The van der Waals surface area contributed by atoms with E-state index >= 15 is 0 Å². The molecule has 1 amide bonds. The molecule has 0 fully saturated rings. The second-order valence-electron chi connectivity index (χ2n) is 6.48. The van der Waals surface area contributed by atoms with Crippen LogP contribution < -0.4 is 21.3 Å². The molecule has 3 rings (SSSR count). The zero-order valence-corrected chi connectivity index (χ0v) is 17.3. The Kier molecular flexibility index (Phi) is 6.68. The number of amides is 1. The predicted molar refractivity (Wildman–Crippen MR) is 114 cm³/mol. The lowest BCUT2D eigenvalue weighted by atomic mass is 10.2. The topological polar surface area (TPSA) is 95.2 Å². The molecule has 0 bridgehead atoms. The van der Waals surface area contributed by atoms with Gasteiger partial charge in [-0.1, -0.05) is 42.8 Å². The van der Waals surface area contributed by atoms with Crippen molar-refractivity contribution in [3.63, 3.8) is 0 Å². The maximum atomic E-state index is 13.1. The van der Waals surface area contributed by atoms with E-state index in [0.717, 1.165) is 9.25 Å². The number of methoxy groups -OCH3 is 1.